The minimum Gasteiger partial charge on any atom is -0.469 e. The van der Waals surface area contributed by atoms with E-state index in [-0.39, 0.29) is 6.04 Å². The average molecular weight is 267 g/mol. The van der Waals surface area contributed by atoms with Crippen LogP contribution in [0.1, 0.15) is 12.7 Å². The second-order valence-electron chi connectivity index (χ2n) is 4.96. The SMILES string of the molecule is CC(Cc1ccco1)Nc1ccnc2cc(N)ccc12. The minimum absolute atomic E-state index is 0.268. The number of furan rings is 1. The van der Waals surface area contributed by atoms with Gasteiger partial charge < -0.3 is 15.5 Å². The van der Waals surface area contributed by atoms with Crippen molar-refractivity contribution in [2.24, 2.45) is 0 Å². The molecule has 1 atom stereocenters. The monoisotopic (exact) mass is 267 g/mol. The number of anilines is 2. The van der Waals surface area contributed by atoms with Gasteiger partial charge in [0.1, 0.15) is 5.76 Å². The van der Waals surface area contributed by atoms with E-state index in [0.717, 1.165) is 34.5 Å². The van der Waals surface area contributed by atoms with E-state index >= 15 is 0 Å². The maximum atomic E-state index is 5.79. The Balaban J connectivity index is 1.83. The van der Waals surface area contributed by atoms with Crippen molar-refractivity contribution in [2.75, 3.05) is 11.1 Å². The Morgan fingerprint density at radius 1 is 1.30 bits per heavy atom. The summed E-state index contributed by atoms with van der Waals surface area (Å²) >= 11 is 0. The lowest BCUT2D eigenvalue weighted by atomic mass is 10.1. The second-order valence-corrected chi connectivity index (χ2v) is 4.96. The third-order valence-corrected chi connectivity index (χ3v) is 3.26. The molecule has 0 bridgehead atoms. The third-order valence-electron chi connectivity index (χ3n) is 3.26. The van der Waals surface area contributed by atoms with Gasteiger partial charge in [-0.15, -0.1) is 0 Å². The predicted octanol–water partition coefficient (Wildman–Crippen LogP) is 3.45. The summed E-state index contributed by atoms with van der Waals surface area (Å²) in [6, 6.07) is 11.9. The summed E-state index contributed by atoms with van der Waals surface area (Å²) in [7, 11) is 0. The van der Waals surface area contributed by atoms with Gasteiger partial charge in [-0.05, 0) is 43.3 Å². The number of fused-ring (bicyclic) bond motifs is 1. The zero-order valence-electron chi connectivity index (χ0n) is 11.3. The Morgan fingerprint density at radius 2 is 2.20 bits per heavy atom. The first-order valence-electron chi connectivity index (χ1n) is 6.65. The van der Waals surface area contributed by atoms with Crippen LogP contribution < -0.4 is 11.1 Å². The molecule has 0 amide bonds. The van der Waals surface area contributed by atoms with Crippen molar-refractivity contribution in [1.29, 1.82) is 0 Å². The first kappa shape index (κ1) is 12.5. The lowest BCUT2D eigenvalue weighted by Gasteiger charge is -2.15. The highest BCUT2D eigenvalue weighted by molar-refractivity contribution is 5.92. The lowest BCUT2D eigenvalue weighted by molar-refractivity contribution is 0.498. The van der Waals surface area contributed by atoms with Gasteiger partial charge in [-0.2, -0.15) is 0 Å². The van der Waals surface area contributed by atoms with Gasteiger partial charge in [0.2, 0.25) is 0 Å². The van der Waals surface area contributed by atoms with Crippen LogP contribution in [0.15, 0.2) is 53.3 Å². The molecule has 0 aliphatic rings. The third kappa shape index (κ3) is 2.59. The summed E-state index contributed by atoms with van der Waals surface area (Å²) in [4.78, 5) is 4.35. The van der Waals surface area contributed by atoms with E-state index in [1.54, 1.807) is 12.5 Å². The topological polar surface area (TPSA) is 64.1 Å². The average Bonchev–Trinajstić information content (AvgIpc) is 2.91. The molecule has 20 heavy (non-hydrogen) atoms. The van der Waals surface area contributed by atoms with Gasteiger partial charge >= 0.3 is 0 Å². The van der Waals surface area contributed by atoms with Crippen LogP contribution in [0.3, 0.4) is 0 Å². The predicted molar refractivity (Wildman–Crippen MR) is 81.7 cm³/mol. The van der Waals surface area contributed by atoms with Crippen LogP contribution in [0, 0.1) is 0 Å². The molecule has 0 aliphatic carbocycles. The van der Waals surface area contributed by atoms with E-state index in [1.807, 2.05) is 36.4 Å². The van der Waals surface area contributed by atoms with E-state index in [0.29, 0.717) is 0 Å². The Morgan fingerprint density at radius 3 is 3.00 bits per heavy atom. The van der Waals surface area contributed by atoms with Crippen LogP contribution in [-0.2, 0) is 6.42 Å². The van der Waals surface area contributed by atoms with E-state index in [1.165, 1.54) is 0 Å². The smallest absolute Gasteiger partial charge is 0.105 e. The number of rotatable bonds is 4. The van der Waals surface area contributed by atoms with Crippen molar-refractivity contribution >= 4 is 22.3 Å². The van der Waals surface area contributed by atoms with Gasteiger partial charge in [0.25, 0.3) is 0 Å². The molecule has 3 aromatic rings. The molecular weight excluding hydrogens is 250 g/mol. The molecular formula is C16H17N3O. The number of benzene rings is 1. The number of nitrogens with zero attached hydrogens (tertiary/aromatic N) is 1. The number of hydrogen-bond donors (Lipinski definition) is 2. The van der Waals surface area contributed by atoms with E-state index < -0.39 is 0 Å². The molecule has 1 unspecified atom stereocenters. The van der Waals surface area contributed by atoms with Crippen LogP contribution in [0.4, 0.5) is 11.4 Å². The van der Waals surface area contributed by atoms with Crippen LogP contribution in [0.2, 0.25) is 0 Å². The summed E-state index contributed by atoms with van der Waals surface area (Å²) in [6.07, 6.45) is 4.34. The molecule has 4 nitrogen and oxygen atoms in total. The summed E-state index contributed by atoms with van der Waals surface area (Å²) in [5.74, 6) is 0.979. The first-order valence-corrected chi connectivity index (χ1v) is 6.65. The highest BCUT2D eigenvalue weighted by Gasteiger charge is 2.08. The zero-order valence-corrected chi connectivity index (χ0v) is 11.3. The second kappa shape index (κ2) is 5.25. The largest absolute Gasteiger partial charge is 0.469 e. The Kier molecular flexibility index (Phi) is 3.29. The molecule has 0 saturated carbocycles. The number of hydrogen-bond acceptors (Lipinski definition) is 4. The molecule has 2 heterocycles. The number of pyridine rings is 1. The van der Waals surface area contributed by atoms with Gasteiger partial charge in [-0.3, -0.25) is 4.98 Å². The van der Waals surface area contributed by atoms with Gasteiger partial charge in [-0.1, -0.05) is 0 Å². The number of nitrogens with one attached hydrogen (secondary N) is 1. The number of nitrogen functional groups attached to an aromatic ring is 1. The fraction of sp³-hybridized carbons (Fsp3) is 0.188. The molecule has 0 spiro atoms. The highest BCUT2D eigenvalue weighted by Crippen LogP contribution is 2.24. The zero-order chi connectivity index (χ0) is 13.9. The fourth-order valence-corrected chi connectivity index (χ4v) is 2.34. The maximum Gasteiger partial charge on any atom is 0.105 e. The number of aromatic nitrogens is 1. The van der Waals surface area contributed by atoms with Gasteiger partial charge in [0, 0.05) is 35.4 Å². The first-order chi connectivity index (χ1) is 9.72. The fourth-order valence-electron chi connectivity index (χ4n) is 2.34. The number of nitrogens with two attached hydrogens (primary N) is 1. The van der Waals surface area contributed by atoms with Gasteiger partial charge in [-0.25, -0.2) is 0 Å². The van der Waals surface area contributed by atoms with Crippen molar-refractivity contribution < 1.29 is 4.42 Å². The van der Waals surface area contributed by atoms with Crippen molar-refractivity contribution in [3.8, 4) is 0 Å². The highest BCUT2D eigenvalue weighted by atomic mass is 16.3. The molecule has 0 radical (unpaired) electrons. The van der Waals surface area contributed by atoms with Crippen molar-refractivity contribution in [2.45, 2.75) is 19.4 Å². The quantitative estimate of drug-likeness (QED) is 0.711. The molecule has 3 rings (SSSR count). The van der Waals surface area contributed by atoms with Gasteiger partial charge in [0.05, 0.1) is 11.8 Å². The summed E-state index contributed by atoms with van der Waals surface area (Å²) in [5, 5.41) is 4.58. The Hall–Kier alpha value is -2.49. The standard InChI is InChI=1S/C16H17N3O/c1-11(9-13-3-2-8-20-13)19-15-6-7-18-16-10-12(17)4-5-14(15)16/h2-8,10-11H,9,17H2,1H3,(H,18,19). The molecule has 1 aromatic carbocycles. The van der Waals surface area contributed by atoms with Crippen molar-refractivity contribution in [3.05, 3.63) is 54.6 Å². The van der Waals surface area contributed by atoms with Crippen LogP contribution >= 0.6 is 0 Å². The summed E-state index contributed by atoms with van der Waals surface area (Å²) in [6.45, 7) is 2.13. The Bertz CT molecular complexity index is 707. The molecule has 0 fully saturated rings. The molecule has 3 N–H and O–H groups in total. The van der Waals surface area contributed by atoms with E-state index in [4.69, 9.17) is 10.2 Å². The molecule has 2 aromatic heterocycles. The van der Waals surface area contributed by atoms with Gasteiger partial charge in [0.15, 0.2) is 0 Å². The van der Waals surface area contributed by atoms with Crippen LogP contribution in [0.5, 0.6) is 0 Å². The summed E-state index contributed by atoms with van der Waals surface area (Å²) < 4.78 is 5.38. The molecule has 4 heteroatoms. The normalized spacial score (nSPS) is 12.4. The minimum atomic E-state index is 0.268. The summed E-state index contributed by atoms with van der Waals surface area (Å²) in [5.41, 5.74) is 8.49. The maximum absolute atomic E-state index is 5.79. The lowest BCUT2D eigenvalue weighted by Crippen LogP contribution is -2.18. The van der Waals surface area contributed by atoms with Crippen LogP contribution in [0.25, 0.3) is 10.9 Å². The van der Waals surface area contributed by atoms with E-state index in [9.17, 15) is 0 Å². The van der Waals surface area contributed by atoms with Crippen molar-refractivity contribution in [3.63, 3.8) is 0 Å². The Labute approximate surface area is 117 Å². The van der Waals surface area contributed by atoms with E-state index in [2.05, 4.69) is 17.2 Å². The molecule has 0 saturated heterocycles. The molecule has 0 aliphatic heterocycles. The molecule has 102 valence electrons. The van der Waals surface area contributed by atoms with Crippen molar-refractivity contribution in [1.82, 2.24) is 4.98 Å². The van der Waals surface area contributed by atoms with Crippen LogP contribution in [-0.4, -0.2) is 11.0 Å².